The first-order valence-corrected chi connectivity index (χ1v) is 6.66. The predicted molar refractivity (Wildman–Crippen MR) is 67.2 cm³/mol. The summed E-state index contributed by atoms with van der Waals surface area (Å²) in [5, 5.41) is 0. The average Bonchev–Trinajstić information content (AvgIpc) is 2.92. The number of pyridine rings is 1. The minimum atomic E-state index is 0.711. The van der Waals surface area contributed by atoms with Crippen LogP contribution in [0.2, 0.25) is 0 Å². The van der Waals surface area contributed by atoms with Gasteiger partial charge in [-0.1, -0.05) is 0 Å². The van der Waals surface area contributed by atoms with Gasteiger partial charge in [0, 0.05) is 18.8 Å². The first kappa shape index (κ1) is 11.0. The first-order valence-electron chi connectivity index (χ1n) is 6.66. The lowest BCUT2D eigenvalue weighted by atomic mass is 9.96. The molecular weight excluding hydrogens is 212 g/mol. The summed E-state index contributed by atoms with van der Waals surface area (Å²) in [4.78, 5) is 6.90. The highest BCUT2D eigenvalue weighted by Crippen LogP contribution is 2.34. The summed E-state index contributed by atoms with van der Waals surface area (Å²) >= 11 is 0. The molecule has 0 aromatic carbocycles. The third kappa shape index (κ3) is 2.29. The second-order valence-corrected chi connectivity index (χ2v) is 5.21. The molecule has 17 heavy (non-hydrogen) atoms. The van der Waals surface area contributed by atoms with Crippen molar-refractivity contribution in [1.29, 1.82) is 0 Å². The van der Waals surface area contributed by atoms with Crippen molar-refractivity contribution in [3.63, 3.8) is 0 Å². The van der Waals surface area contributed by atoms with E-state index < -0.39 is 0 Å². The molecule has 3 unspecified atom stereocenters. The van der Waals surface area contributed by atoms with Crippen LogP contribution in [0.15, 0.2) is 18.5 Å². The van der Waals surface area contributed by atoms with Crippen LogP contribution in [0.5, 0.6) is 5.75 Å². The van der Waals surface area contributed by atoms with Crippen molar-refractivity contribution in [3.05, 3.63) is 24.0 Å². The van der Waals surface area contributed by atoms with E-state index in [1.54, 1.807) is 6.20 Å². The smallest absolute Gasteiger partial charge is 0.137 e. The van der Waals surface area contributed by atoms with E-state index in [9.17, 15) is 0 Å². The Morgan fingerprint density at radius 2 is 2.41 bits per heavy atom. The third-order valence-corrected chi connectivity index (χ3v) is 3.99. The Bertz CT molecular complexity index is 394. The van der Waals surface area contributed by atoms with Crippen LogP contribution >= 0.6 is 0 Å². The van der Waals surface area contributed by atoms with Crippen molar-refractivity contribution in [2.24, 2.45) is 5.92 Å². The van der Waals surface area contributed by atoms with Gasteiger partial charge >= 0.3 is 0 Å². The van der Waals surface area contributed by atoms with Gasteiger partial charge in [-0.2, -0.15) is 0 Å². The summed E-state index contributed by atoms with van der Waals surface area (Å²) in [7, 11) is 0. The molecule has 0 aliphatic carbocycles. The molecule has 2 aliphatic heterocycles. The van der Waals surface area contributed by atoms with Crippen molar-refractivity contribution < 1.29 is 4.74 Å². The Labute approximate surface area is 103 Å². The number of ether oxygens (including phenoxy) is 1. The van der Waals surface area contributed by atoms with Crippen molar-refractivity contribution >= 4 is 0 Å². The number of fused-ring (bicyclic) bond motifs is 2. The van der Waals surface area contributed by atoms with Gasteiger partial charge in [-0.15, -0.1) is 0 Å². The van der Waals surface area contributed by atoms with Gasteiger partial charge in [0.05, 0.1) is 12.8 Å². The molecule has 3 heteroatoms. The molecule has 0 amide bonds. The molecule has 0 spiro atoms. The summed E-state index contributed by atoms with van der Waals surface area (Å²) in [5.74, 6) is 1.87. The van der Waals surface area contributed by atoms with E-state index in [-0.39, 0.29) is 0 Å². The van der Waals surface area contributed by atoms with Gasteiger partial charge in [0.15, 0.2) is 0 Å². The molecule has 0 N–H and O–H groups in total. The molecule has 2 aliphatic rings. The second-order valence-electron chi connectivity index (χ2n) is 5.21. The summed E-state index contributed by atoms with van der Waals surface area (Å²) in [6.45, 7) is 5.34. The molecule has 0 saturated carbocycles. The van der Waals surface area contributed by atoms with Crippen LogP contribution < -0.4 is 4.74 Å². The zero-order chi connectivity index (χ0) is 11.7. The summed E-state index contributed by atoms with van der Waals surface area (Å²) in [6.07, 6.45) is 7.70. The van der Waals surface area contributed by atoms with Gasteiger partial charge in [0.2, 0.25) is 0 Å². The Hall–Kier alpha value is -1.09. The quantitative estimate of drug-likeness (QED) is 0.795. The van der Waals surface area contributed by atoms with Crippen LogP contribution in [0.1, 0.15) is 25.3 Å². The van der Waals surface area contributed by atoms with Crippen LogP contribution in [-0.2, 0) is 6.42 Å². The molecule has 2 bridgehead atoms. The van der Waals surface area contributed by atoms with E-state index in [2.05, 4.69) is 16.0 Å². The fraction of sp³-hybridized carbons (Fsp3) is 0.643. The van der Waals surface area contributed by atoms with Crippen molar-refractivity contribution in [2.45, 2.75) is 32.2 Å². The minimum absolute atomic E-state index is 0.711. The number of hydrogen-bond donors (Lipinski definition) is 0. The number of hydrogen-bond acceptors (Lipinski definition) is 3. The molecule has 92 valence electrons. The average molecular weight is 232 g/mol. The fourth-order valence-electron chi connectivity index (χ4n) is 3.23. The zero-order valence-electron chi connectivity index (χ0n) is 10.4. The molecule has 3 heterocycles. The minimum Gasteiger partial charge on any atom is -0.492 e. The zero-order valence-corrected chi connectivity index (χ0v) is 10.4. The van der Waals surface area contributed by atoms with Gasteiger partial charge in [-0.3, -0.25) is 9.88 Å². The molecular formula is C14H20N2O. The number of nitrogens with zero attached hydrogens (tertiary/aromatic N) is 2. The van der Waals surface area contributed by atoms with Crippen LogP contribution in [0.4, 0.5) is 0 Å². The van der Waals surface area contributed by atoms with Gasteiger partial charge < -0.3 is 4.74 Å². The maximum atomic E-state index is 5.50. The highest BCUT2D eigenvalue weighted by molar-refractivity contribution is 5.24. The van der Waals surface area contributed by atoms with Crippen LogP contribution in [0.3, 0.4) is 0 Å². The predicted octanol–water partition coefficient (Wildman–Crippen LogP) is 2.12. The molecule has 0 radical (unpaired) electrons. The summed E-state index contributed by atoms with van der Waals surface area (Å²) in [5.41, 5.74) is 1.31. The number of aromatic nitrogens is 1. The first-order chi connectivity index (χ1) is 8.35. The Morgan fingerprint density at radius 1 is 1.47 bits per heavy atom. The van der Waals surface area contributed by atoms with Gasteiger partial charge in [0.1, 0.15) is 5.75 Å². The normalized spacial score (nSPS) is 30.8. The molecule has 3 atom stereocenters. The van der Waals surface area contributed by atoms with Crippen molar-refractivity contribution in [1.82, 2.24) is 9.88 Å². The van der Waals surface area contributed by atoms with Crippen molar-refractivity contribution in [3.8, 4) is 5.75 Å². The van der Waals surface area contributed by atoms with Crippen LogP contribution in [0.25, 0.3) is 0 Å². The maximum Gasteiger partial charge on any atom is 0.137 e. The fourth-order valence-corrected chi connectivity index (χ4v) is 3.23. The standard InChI is InChI=1S/C14H20N2O/c1-2-17-14-7-12(8-15-9-14)6-13-5-11-3-4-16(13)10-11/h7-9,11,13H,2-6,10H2,1H3. The van der Waals surface area contributed by atoms with E-state index >= 15 is 0 Å². The van der Waals surface area contributed by atoms with Gasteiger partial charge in [0.25, 0.3) is 0 Å². The highest BCUT2D eigenvalue weighted by Gasteiger charge is 2.37. The molecule has 3 rings (SSSR count). The number of piperidine rings is 1. The largest absolute Gasteiger partial charge is 0.492 e. The Balaban J connectivity index is 1.66. The second kappa shape index (κ2) is 4.65. The van der Waals surface area contributed by atoms with E-state index in [0.717, 1.165) is 24.1 Å². The maximum absolute atomic E-state index is 5.50. The SMILES string of the molecule is CCOc1cncc(CC2CC3CCN2C3)c1. The van der Waals surface area contributed by atoms with Crippen molar-refractivity contribution in [2.75, 3.05) is 19.7 Å². The lowest BCUT2D eigenvalue weighted by Crippen LogP contribution is -2.31. The third-order valence-electron chi connectivity index (χ3n) is 3.99. The van der Waals surface area contributed by atoms with E-state index in [4.69, 9.17) is 4.74 Å². The molecule has 2 saturated heterocycles. The topological polar surface area (TPSA) is 25.4 Å². The summed E-state index contributed by atoms with van der Waals surface area (Å²) < 4.78 is 5.50. The van der Waals surface area contributed by atoms with Crippen LogP contribution in [-0.4, -0.2) is 35.6 Å². The Kier molecular flexibility index (Phi) is 3.02. The van der Waals surface area contributed by atoms with Gasteiger partial charge in [-0.05, 0) is 50.3 Å². The van der Waals surface area contributed by atoms with E-state index in [1.165, 1.54) is 31.5 Å². The van der Waals surface area contributed by atoms with Gasteiger partial charge in [-0.25, -0.2) is 0 Å². The van der Waals surface area contributed by atoms with E-state index in [1.807, 2.05) is 13.1 Å². The van der Waals surface area contributed by atoms with E-state index in [0.29, 0.717) is 6.61 Å². The van der Waals surface area contributed by atoms with Crippen LogP contribution in [0, 0.1) is 5.92 Å². The molecule has 1 aromatic heterocycles. The molecule has 3 nitrogen and oxygen atoms in total. The summed E-state index contributed by atoms with van der Waals surface area (Å²) in [6, 6.07) is 2.89. The monoisotopic (exact) mass is 232 g/mol. The lowest BCUT2D eigenvalue weighted by molar-refractivity contribution is 0.260. The lowest BCUT2D eigenvalue weighted by Gasteiger charge is -2.24. The molecule has 1 aromatic rings. The highest BCUT2D eigenvalue weighted by atomic mass is 16.5. The number of rotatable bonds is 4. The molecule has 2 fully saturated rings. The Morgan fingerprint density at radius 3 is 3.12 bits per heavy atom.